The maximum absolute atomic E-state index is 4.34. The maximum atomic E-state index is 4.34. The molecule has 1 aromatic rings. The fourth-order valence-electron chi connectivity index (χ4n) is 2.02. The van der Waals surface area contributed by atoms with Crippen molar-refractivity contribution in [1.82, 2.24) is 15.3 Å². The van der Waals surface area contributed by atoms with Crippen molar-refractivity contribution in [3.05, 3.63) is 18.1 Å². The van der Waals surface area contributed by atoms with Crippen molar-refractivity contribution >= 4 is 5.82 Å². The van der Waals surface area contributed by atoms with E-state index in [-0.39, 0.29) is 5.41 Å². The molecule has 4 heteroatoms. The highest BCUT2D eigenvalue weighted by Crippen LogP contribution is 2.21. The van der Waals surface area contributed by atoms with Crippen LogP contribution in [0.4, 0.5) is 5.82 Å². The maximum Gasteiger partial charge on any atom is 0.129 e. The number of hydrogen-bond acceptors (Lipinski definition) is 4. The third kappa shape index (κ3) is 3.40. The Morgan fingerprint density at radius 2 is 1.94 bits per heavy atom. The van der Waals surface area contributed by atoms with Crippen LogP contribution >= 0.6 is 0 Å². The van der Waals surface area contributed by atoms with Crippen LogP contribution in [0.5, 0.6) is 0 Å². The minimum atomic E-state index is 0.0769. The van der Waals surface area contributed by atoms with Crippen LogP contribution in [-0.4, -0.2) is 29.1 Å². The Morgan fingerprint density at radius 3 is 2.59 bits per heavy atom. The molecule has 0 radical (unpaired) electrons. The molecule has 0 aliphatic carbocycles. The van der Waals surface area contributed by atoms with Gasteiger partial charge in [-0.3, -0.25) is 0 Å². The van der Waals surface area contributed by atoms with Gasteiger partial charge in [-0.2, -0.15) is 0 Å². The summed E-state index contributed by atoms with van der Waals surface area (Å²) in [7, 11) is 0. The number of nitrogens with one attached hydrogen (secondary N) is 2. The van der Waals surface area contributed by atoms with Gasteiger partial charge in [0.1, 0.15) is 12.1 Å². The second-order valence-electron chi connectivity index (χ2n) is 5.71. The predicted molar refractivity (Wildman–Crippen MR) is 70.2 cm³/mol. The SMILES string of the molecule is CC(C)(C)c1cc(NC2CCNCC2)ncn1. The largest absolute Gasteiger partial charge is 0.367 e. The topological polar surface area (TPSA) is 49.8 Å². The second-order valence-corrected chi connectivity index (χ2v) is 5.71. The summed E-state index contributed by atoms with van der Waals surface area (Å²) in [4.78, 5) is 8.64. The smallest absolute Gasteiger partial charge is 0.129 e. The van der Waals surface area contributed by atoms with Gasteiger partial charge in [-0.25, -0.2) is 9.97 Å². The van der Waals surface area contributed by atoms with Crippen LogP contribution in [0.1, 0.15) is 39.3 Å². The van der Waals surface area contributed by atoms with Crippen LogP contribution in [0, 0.1) is 0 Å². The fourth-order valence-corrected chi connectivity index (χ4v) is 2.02. The van der Waals surface area contributed by atoms with Gasteiger partial charge in [-0.1, -0.05) is 20.8 Å². The lowest BCUT2D eigenvalue weighted by molar-refractivity contribution is 0.477. The van der Waals surface area contributed by atoms with Gasteiger partial charge in [0.25, 0.3) is 0 Å². The van der Waals surface area contributed by atoms with Gasteiger partial charge in [0.2, 0.25) is 0 Å². The lowest BCUT2D eigenvalue weighted by Gasteiger charge is -2.25. The molecule has 1 aliphatic heterocycles. The Hall–Kier alpha value is -1.16. The lowest BCUT2D eigenvalue weighted by atomic mass is 9.92. The molecule has 2 N–H and O–H groups in total. The lowest BCUT2D eigenvalue weighted by Crippen LogP contribution is -2.35. The molecule has 0 aromatic carbocycles. The highest BCUT2D eigenvalue weighted by molar-refractivity contribution is 5.37. The van der Waals surface area contributed by atoms with Crippen LogP contribution in [0.25, 0.3) is 0 Å². The first-order valence-electron chi connectivity index (χ1n) is 6.35. The number of nitrogens with zero attached hydrogens (tertiary/aromatic N) is 2. The van der Waals surface area contributed by atoms with Crippen LogP contribution in [-0.2, 0) is 5.41 Å². The molecule has 0 bridgehead atoms. The molecule has 2 heterocycles. The van der Waals surface area contributed by atoms with Crippen molar-refractivity contribution < 1.29 is 0 Å². The number of piperidine rings is 1. The molecule has 1 aromatic heterocycles. The average Bonchev–Trinajstić information content (AvgIpc) is 2.29. The molecule has 2 rings (SSSR count). The monoisotopic (exact) mass is 234 g/mol. The van der Waals surface area contributed by atoms with Crippen LogP contribution in [0.3, 0.4) is 0 Å². The van der Waals surface area contributed by atoms with Crippen molar-refractivity contribution in [2.45, 2.75) is 45.1 Å². The van der Waals surface area contributed by atoms with Crippen molar-refractivity contribution in [1.29, 1.82) is 0 Å². The third-order valence-corrected chi connectivity index (χ3v) is 3.13. The summed E-state index contributed by atoms with van der Waals surface area (Å²) in [5, 5.41) is 6.87. The predicted octanol–water partition coefficient (Wildman–Crippen LogP) is 1.94. The zero-order valence-corrected chi connectivity index (χ0v) is 11.0. The Kier molecular flexibility index (Phi) is 3.62. The van der Waals surface area contributed by atoms with Crippen molar-refractivity contribution in [3.63, 3.8) is 0 Å². The zero-order valence-electron chi connectivity index (χ0n) is 11.0. The summed E-state index contributed by atoms with van der Waals surface area (Å²) >= 11 is 0. The van der Waals surface area contributed by atoms with Gasteiger partial charge in [0.15, 0.2) is 0 Å². The molecule has 1 fully saturated rings. The van der Waals surface area contributed by atoms with Gasteiger partial charge in [0.05, 0.1) is 5.69 Å². The molecular formula is C13H22N4. The van der Waals surface area contributed by atoms with Crippen LogP contribution < -0.4 is 10.6 Å². The van der Waals surface area contributed by atoms with E-state index in [0.717, 1.165) is 37.4 Å². The van der Waals surface area contributed by atoms with Crippen LogP contribution in [0.2, 0.25) is 0 Å². The summed E-state index contributed by atoms with van der Waals surface area (Å²) in [6.07, 6.45) is 3.98. The minimum absolute atomic E-state index is 0.0769. The second kappa shape index (κ2) is 5.00. The molecule has 17 heavy (non-hydrogen) atoms. The molecule has 1 aliphatic rings. The summed E-state index contributed by atoms with van der Waals surface area (Å²) in [5.41, 5.74) is 1.16. The van der Waals surface area contributed by atoms with E-state index < -0.39 is 0 Å². The molecule has 94 valence electrons. The minimum Gasteiger partial charge on any atom is -0.367 e. The Labute approximate surface area is 103 Å². The van der Waals surface area contributed by atoms with Crippen LogP contribution in [0.15, 0.2) is 12.4 Å². The fraction of sp³-hybridized carbons (Fsp3) is 0.692. The van der Waals surface area contributed by atoms with Gasteiger partial charge in [-0.05, 0) is 25.9 Å². The van der Waals surface area contributed by atoms with E-state index in [1.54, 1.807) is 6.33 Å². The highest BCUT2D eigenvalue weighted by Gasteiger charge is 2.17. The number of aromatic nitrogens is 2. The number of rotatable bonds is 2. The van der Waals surface area contributed by atoms with E-state index in [2.05, 4.69) is 47.4 Å². The molecular weight excluding hydrogens is 212 g/mol. The first-order valence-corrected chi connectivity index (χ1v) is 6.35. The molecule has 4 nitrogen and oxygen atoms in total. The van der Waals surface area contributed by atoms with E-state index >= 15 is 0 Å². The molecule has 0 spiro atoms. The Balaban J connectivity index is 2.05. The Bertz CT molecular complexity index is 364. The van der Waals surface area contributed by atoms with Crippen molar-refractivity contribution in [2.24, 2.45) is 0 Å². The standard InChI is InChI=1S/C13H22N4/c1-13(2,3)11-8-12(16-9-15-11)17-10-4-6-14-7-5-10/h8-10,14H,4-7H2,1-3H3,(H,15,16,17). The zero-order chi connectivity index (χ0) is 12.3. The van der Waals surface area contributed by atoms with Crippen molar-refractivity contribution in [3.8, 4) is 0 Å². The molecule has 0 unspecified atom stereocenters. The van der Waals surface area contributed by atoms with Gasteiger partial charge >= 0.3 is 0 Å². The normalized spacial score (nSPS) is 18.1. The first kappa shape index (κ1) is 12.3. The number of anilines is 1. The van der Waals surface area contributed by atoms with E-state index in [1.165, 1.54) is 0 Å². The van der Waals surface area contributed by atoms with Gasteiger partial charge in [0, 0.05) is 17.5 Å². The van der Waals surface area contributed by atoms with Gasteiger partial charge in [-0.15, -0.1) is 0 Å². The van der Waals surface area contributed by atoms with E-state index in [1.807, 2.05) is 0 Å². The summed E-state index contributed by atoms with van der Waals surface area (Å²) in [5.74, 6) is 0.955. The summed E-state index contributed by atoms with van der Waals surface area (Å²) < 4.78 is 0. The van der Waals surface area contributed by atoms with Crippen molar-refractivity contribution in [2.75, 3.05) is 18.4 Å². The molecule has 0 amide bonds. The average molecular weight is 234 g/mol. The first-order chi connectivity index (χ1) is 8.05. The number of hydrogen-bond donors (Lipinski definition) is 2. The van der Waals surface area contributed by atoms with Gasteiger partial charge < -0.3 is 10.6 Å². The molecule has 0 saturated carbocycles. The highest BCUT2D eigenvalue weighted by atomic mass is 15.1. The third-order valence-electron chi connectivity index (χ3n) is 3.13. The Morgan fingerprint density at radius 1 is 1.24 bits per heavy atom. The summed E-state index contributed by atoms with van der Waals surface area (Å²) in [6, 6.07) is 2.61. The van der Waals surface area contributed by atoms with E-state index in [0.29, 0.717) is 6.04 Å². The molecule has 0 atom stereocenters. The van der Waals surface area contributed by atoms with E-state index in [9.17, 15) is 0 Å². The molecule has 1 saturated heterocycles. The quantitative estimate of drug-likeness (QED) is 0.821. The summed E-state index contributed by atoms with van der Waals surface area (Å²) in [6.45, 7) is 8.70. The van der Waals surface area contributed by atoms with E-state index in [4.69, 9.17) is 0 Å².